The monoisotopic (exact) mass is 310 g/mol. The van der Waals surface area contributed by atoms with Gasteiger partial charge in [0.25, 0.3) is 0 Å². The maximum absolute atomic E-state index is 12.5. The zero-order valence-electron chi connectivity index (χ0n) is 11.4. The van der Waals surface area contributed by atoms with Gasteiger partial charge in [-0.3, -0.25) is 4.79 Å². The molecule has 1 N–H and O–H groups in total. The summed E-state index contributed by atoms with van der Waals surface area (Å²) in [6.45, 7) is 2.47. The van der Waals surface area contributed by atoms with E-state index < -0.39 is 12.1 Å². The van der Waals surface area contributed by atoms with Crippen LogP contribution in [0.4, 0.5) is 13.2 Å². The number of nitrogens with zero attached hydrogens (tertiary/aromatic N) is 1. The number of likely N-dealkylation sites (tertiary alicyclic amines) is 1. The van der Waals surface area contributed by atoms with Crippen LogP contribution in [0.25, 0.3) is 0 Å². The molecule has 20 heavy (non-hydrogen) atoms. The Morgan fingerprint density at radius 2 is 1.75 bits per heavy atom. The molecule has 0 aliphatic carbocycles. The van der Waals surface area contributed by atoms with Gasteiger partial charge < -0.3 is 10.2 Å². The number of halogens is 3. The smallest absolute Gasteiger partial charge is 0.342 e. The lowest BCUT2D eigenvalue weighted by atomic mass is 9.96. The van der Waals surface area contributed by atoms with Gasteiger partial charge in [-0.25, -0.2) is 0 Å². The summed E-state index contributed by atoms with van der Waals surface area (Å²) in [5.41, 5.74) is 0. The highest BCUT2D eigenvalue weighted by molar-refractivity contribution is 8.00. The Morgan fingerprint density at radius 3 is 2.30 bits per heavy atom. The highest BCUT2D eigenvalue weighted by Crippen LogP contribution is 2.34. The van der Waals surface area contributed by atoms with E-state index in [1.54, 1.807) is 16.7 Å². The van der Waals surface area contributed by atoms with Crippen LogP contribution in [0.5, 0.6) is 0 Å². The summed E-state index contributed by atoms with van der Waals surface area (Å²) >= 11 is 1.65. The molecule has 0 atom stereocenters. The van der Waals surface area contributed by atoms with Gasteiger partial charge in [0.05, 0.1) is 11.7 Å². The third kappa shape index (κ3) is 4.55. The van der Waals surface area contributed by atoms with Crippen molar-refractivity contribution in [3.05, 3.63) is 0 Å². The van der Waals surface area contributed by atoms with E-state index in [9.17, 15) is 18.0 Å². The van der Waals surface area contributed by atoms with Gasteiger partial charge in [0, 0.05) is 18.3 Å². The van der Waals surface area contributed by atoms with Crippen LogP contribution in [0.3, 0.4) is 0 Å². The van der Waals surface area contributed by atoms with E-state index >= 15 is 0 Å². The third-order valence-corrected chi connectivity index (χ3v) is 5.40. The van der Waals surface area contributed by atoms with E-state index in [-0.39, 0.29) is 31.8 Å². The number of rotatable bonds is 3. The normalized spacial score (nSPS) is 23.1. The van der Waals surface area contributed by atoms with Crippen LogP contribution in [0.2, 0.25) is 0 Å². The molecule has 2 heterocycles. The topological polar surface area (TPSA) is 32.3 Å². The first kappa shape index (κ1) is 15.9. The molecule has 0 aromatic rings. The van der Waals surface area contributed by atoms with Crippen LogP contribution in [0, 0.1) is 5.92 Å². The van der Waals surface area contributed by atoms with E-state index in [4.69, 9.17) is 0 Å². The molecule has 0 unspecified atom stereocenters. The molecule has 2 aliphatic rings. The first-order valence-electron chi connectivity index (χ1n) is 7.13. The molecule has 0 aromatic heterocycles. The average molecular weight is 310 g/mol. The highest BCUT2D eigenvalue weighted by Gasteiger charge is 2.41. The number of nitrogens with one attached hydrogen (secondary N) is 1. The minimum atomic E-state index is -4.11. The van der Waals surface area contributed by atoms with Crippen LogP contribution in [-0.4, -0.2) is 54.2 Å². The molecule has 0 spiro atoms. The van der Waals surface area contributed by atoms with Gasteiger partial charge in [0.15, 0.2) is 0 Å². The number of piperidine rings is 2. The van der Waals surface area contributed by atoms with Crippen molar-refractivity contribution in [1.82, 2.24) is 10.2 Å². The maximum Gasteiger partial charge on any atom is 0.391 e. The second-order valence-electron chi connectivity index (χ2n) is 5.46. The second kappa shape index (κ2) is 7.02. The van der Waals surface area contributed by atoms with Gasteiger partial charge >= 0.3 is 6.18 Å². The van der Waals surface area contributed by atoms with Crippen molar-refractivity contribution in [3.63, 3.8) is 0 Å². The van der Waals surface area contributed by atoms with Crippen molar-refractivity contribution < 1.29 is 18.0 Å². The van der Waals surface area contributed by atoms with Gasteiger partial charge in [-0.1, -0.05) is 0 Å². The van der Waals surface area contributed by atoms with E-state index in [1.807, 2.05) is 0 Å². The van der Waals surface area contributed by atoms with Crippen molar-refractivity contribution in [1.29, 1.82) is 0 Å². The van der Waals surface area contributed by atoms with E-state index in [1.165, 1.54) is 0 Å². The van der Waals surface area contributed by atoms with Crippen molar-refractivity contribution in [2.45, 2.75) is 37.1 Å². The van der Waals surface area contributed by atoms with E-state index in [0.29, 0.717) is 11.0 Å². The fourth-order valence-corrected chi connectivity index (χ4v) is 3.83. The van der Waals surface area contributed by atoms with Crippen molar-refractivity contribution in [3.8, 4) is 0 Å². The van der Waals surface area contributed by atoms with Crippen LogP contribution in [0.1, 0.15) is 25.7 Å². The highest BCUT2D eigenvalue weighted by atomic mass is 32.2. The molecule has 2 aliphatic heterocycles. The van der Waals surface area contributed by atoms with Gasteiger partial charge in [0.2, 0.25) is 5.91 Å². The Balaban J connectivity index is 1.69. The van der Waals surface area contributed by atoms with Gasteiger partial charge in [-0.15, -0.1) is 11.8 Å². The van der Waals surface area contributed by atoms with Gasteiger partial charge in [0.1, 0.15) is 0 Å². The largest absolute Gasteiger partial charge is 0.391 e. The Bertz CT molecular complexity index is 324. The minimum absolute atomic E-state index is 0.00541. The summed E-state index contributed by atoms with van der Waals surface area (Å²) in [6.07, 6.45) is -1.89. The molecule has 0 bridgehead atoms. The zero-order chi connectivity index (χ0) is 14.6. The predicted molar refractivity (Wildman–Crippen MR) is 73.7 cm³/mol. The molecule has 0 aromatic carbocycles. The Kier molecular flexibility index (Phi) is 5.60. The van der Waals surface area contributed by atoms with Gasteiger partial charge in [-0.05, 0) is 38.8 Å². The molecule has 0 radical (unpaired) electrons. The maximum atomic E-state index is 12.5. The number of amides is 1. The second-order valence-corrected chi connectivity index (χ2v) is 6.75. The standard InChI is InChI=1S/C13H21F3N2OS/c14-13(15,16)10-3-7-18(8-4-10)12(19)9-20-11-1-5-17-6-2-11/h10-11,17H,1-9H2. The molecular formula is C13H21F3N2OS. The number of carbonyl (C=O) groups is 1. The summed E-state index contributed by atoms with van der Waals surface area (Å²) in [7, 11) is 0. The van der Waals surface area contributed by atoms with Crippen molar-refractivity contribution >= 4 is 17.7 Å². The molecule has 2 fully saturated rings. The molecule has 2 rings (SSSR count). The van der Waals surface area contributed by atoms with E-state index in [2.05, 4.69) is 5.32 Å². The van der Waals surface area contributed by atoms with Crippen LogP contribution < -0.4 is 5.32 Å². The lowest BCUT2D eigenvalue weighted by molar-refractivity contribution is -0.186. The third-order valence-electron chi connectivity index (χ3n) is 4.04. The lowest BCUT2D eigenvalue weighted by Crippen LogP contribution is -2.43. The first-order valence-corrected chi connectivity index (χ1v) is 8.18. The number of carbonyl (C=O) groups excluding carboxylic acids is 1. The minimum Gasteiger partial charge on any atom is -0.342 e. The fraction of sp³-hybridized carbons (Fsp3) is 0.923. The Labute approximate surface area is 121 Å². The number of hydrogen-bond acceptors (Lipinski definition) is 3. The molecule has 116 valence electrons. The summed E-state index contributed by atoms with van der Waals surface area (Å²) in [6, 6.07) is 0. The fourth-order valence-electron chi connectivity index (χ4n) is 2.70. The van der Waals surface area contributed by atoms with Crippen LogP contribution in [0.15, 0.2) is 0 Å². The molecule has 7 heteroatoms. The SMILES string of the molecule is O=C(CSC1CCNCC1)N1CCC(C(F)(F)F)CC1. The van der Waals surface area contributed by atoms with Gasteiger partial charge in [-0.2, -0.15) is 13.2 Å². The summed E-state index contributed by atoms with van der Waals surface area (Å²) < 4.78 is 37.6. The summed E-state index contributed by atoms with van der Waals surface area (Å²) in [4.78, 5) is 13.6. The quantitative estimate of drug-likeness (QED) is 0.868. The number of thioether (sulfide) groups is 1. The lowest BCUT2D eigenvalue weighted by Gasteiger charge is -2.33. The molecule has 3 nitrogen and oxygen atoms in total. The molecule has 2 saturated heterocycles. The molecular weight excluding hydrogens is 289 g/mol. The van der Waals surface area contributed by atoms with Crippen molar-refractivity contribution in [2.75, 3.05) is 31.9 Å². The summed E-state index contributed by atoms with van der Waals surface area (Å²) in [5.74, 6) is -0.834. The number of alkyl halides is 3. The average Bonchev–Trinajstić information content (AvgIpc) is 2.45. The number of hydrogen-bond donors (Lipinski definition) is 1. The Hall–Kier alpha value is -0.430. The van der Waals surface area contributed by atoms with Crippen molar-refractivity contribution in [2.24, 2.45) is 5.92 Å². The van der Waals surface area contributed by atoms with Crippen LogP contribution >= 0.6 is 11.8 Å². The Morgan fingerprint density at radius 1 is 1.15 bits per heavy atom. The van der Waals surface area contributed by atoms with Crippen LogP contribution in [-0.2, 0) is 4.79 Å². The zero-order valence-corrected chi connectivity index (χ0v) is 12.2. The predicted octanol–water partition coefficient (Wildman–Crippen LogP) is 2.27. The van der Waals surface area contributed by atoms with E-state index in [0.717, 1.165) is 25.9 Å². The molecule has 0 saturated carbocycles. The molecule has 1 amide bonds. The first-order chi connectivity index (χ1) is 9.47. The summed E-state index contributed by atoms with van der Waals surface area (Å²) in [5, 5.41) is 3.78.